The number of benzene rings is 2. The summed E-state index contributed by atoms with van der Waals surface area (Å²) in [5.74, 6) is 0.307. The molecule has 1 amide bonds. The summed E-state index contributed by atoms with van der Waals surface area (Å²) in [5, 5.41) is 7.72. The van der Waals surface area contributed by atoms with Gasteiger partial charge in [-0.2, -0.15) is 0 Å². The van der Waals surface area contributed by atoms with E-state index >= 15 is 0 Å². The first kappa shape index (κ1) is 22.1. The summed E-state index contributed by atoms with van der Waals surface area (Å²) in [6.07, 6.45) is 5.89. The van der Waals surface area contributed by atoms with E-state index < -0.39 is 21.3 Å². The number of sulfonamides is 1. The maximum absolute atomic E-state index is 13.3. The normalized spacial score (nSPS) is 30.1. The highest BCUT2D eigenvalue weighted by Gasteiger charge is 2.61. The van der Waals surface area contributed by atoms with E-state index in [1.54, 1.807) is 0 Å². The highest BCUT2D eigenvalue weighted by atomic mass is 32.2. The number of anilines is 1. The second kappa shape index (κ2) is 7.95. The van der Waals surface area contributed by atoms with Gasteiger partial charge >= 0.3 is 5.97 Å². The standard InChI is InChI=1S/C25H28N2O5S/c26-33(30,31)21-8-6-20(7-9-21)27-22(28)15-32-23(29)25-13-17-10-18(14-25)12-24(11-17,16-25)19-4-2-1-3-5-19/h1-9,17-18H,10-16H2,(H,27,28)(H2,26,30,31)/t17-,18-,24?,25?/m1/s1. The third kappa shape index (κ3) is 4.17. The zero-order valence-corrected chi connectivity index (χ0v) is 19.1. The fraction of sp³-hybridized carbons (Fsp3) is 0.440. The number of ether oxygens (including phenoxy) is 1. The van der Waals surface area contributed by atoms with Crippen molar-refractivity contribution in [2.75, 3.05) is 11.9 Å². The lowest BCUT2D eigenvalue weighted by Gasteiger charge is -2.61. The Hall–Kier alpha value is -2.71. The van der Waals surface area contributed by atoms with Gasteiger partial charge in [-0.15, -0.1) is 0 Å². The Balaban J connectivity index is 1.25. The summed E-state index contributed by atoms with van der Waals surface area (Å²) in [7, 11) is -3.80. The van der Waals surface area contributed by atoms with Crippen molar-refractivity contribution in [3.63, 3.8) is 0 Å². The average Bonchev–Trinajstić information content (AvgIpc) is 2.77. The van der Waals surface area contributed by atoms with E-state index in [0.717, 1.165) is 32.1 Å². The van der Waals surface area contributed by atoms with Gasteiger partial charge in [-0.25, -0.2) is 13.6 Å². The van der Waals surface area contributed by atoms with E-state index in [1.165, 1.54) is 36.2 Å². The van der Waals surface area contributed by atoms with Crippen LogP contribution in [0.25, 0.3) is 0 Å². The number of primary sulfonamides is 1. The number of amides is 1. The Morgan fingerprint density at radius 3 is 2.21 bits per heavy atom. The van der Waals surface area contributed by atoms with Gasteiger partial charge in [-0.05, 0) is 85.6 Å². The smallest absolute Gasteiger partial charge is 0.312 e. The second-order valence-corrected chi connectivity index (χ2v) is 11.6. The molecule has 0 aliphatic heterocycles. The fourth-order valence-electron chi connectivity index (χ4n) is 6.84. The summed E-state index contributed by atoms with van der Waals surface area (Å²) in [5.41, 5.74) is 1.23. The third-order valence-electron chi connectivity index (χ3n) is 7.68. The van der Waals surface area contributed by atoms with Crippen LogP contribution in [-0.4, -0.2) is 26.9 Å². The Morgan fingerprint density at radius 2 is 1.61 bits per heavy atom. The minimum Gasteiger partial charge on any atom is -0.455 e. The van der Waals surface area contributed by atoms with E-state index in [9.17, 15) is 18.0 Å². The van der Waals surface area contributed by atoms with Gasteiger partial charge in [0.15, 0.2) is 6.61 Å². The van der Waals surface area contributed by atoms with Crippen molar-refractivity contribution in [3.05, 3.63) is 60.2 Å². The molecule has 4 aliphatic carbocycles. The number of carbonyl (C=O) groups is 2. The van der Waals surface area contributed by atoms with Gasteiger partial charge in [0.1, 0.15) is 0 Å². The molecule has 2 aromatic rings. The molecule has 0 saturated heterocycles. The van der Waals surface area contributed by atoms with Crippen molar-refractivity contribution < 1.29 is 22.7 Å². The molecule has 8 heteroatoms. The Kier molecular flexibility index (Phi) is 5.33. The molecule has 4 saturated carbocycles. The molecule has 174 valence electrons. The maximum Gasteiger partial charge on any atom is 0.312 e. The predicted octanol–water partition coefficient (Wildman–Crippen LogP) is 3.35. The summed E-state index contributed by atoms with van der Waals surface area (Å²) in [4.78, 5) is 25.6. The molecule has 4 aliphatic rings. The summed E-state index contributed by atoms with van der Waals surface area (Å²) < 4.78 is 28.3. The van der Waals surface area contributed by atoms with Crippen LogP contribution < -0.4 is 10.5 Å². The zero-order valence-electron chi connectivity index (χ0n) is 18.3. The molecular weight excluding hydrogens is 440 g/mol. The van der Waals surface area contributed by atoms with Crippen molar-refractivity contribution in [2.24, 2.45) is 22.4 Å². The second-order valence-electron chi connectivity index (χ2n) is 10.1. The molecule has 0 heterocycles. The highest BCUT2D eigenvalue weighted by molar-refractivity contribution is 7.89. The van der Waals surface area contributed by atoms with E-state index in [4.69, 9.17) is 9.88 Å². The molecule has 0 unspecified atom stereocenters. The minimum atomic E-state index is -3.80. The van der Waals surface area contributed by atoms with Gasteiger partial charge in [0.25, 0.3) is 5.91 Å². The molecule has 0 aromatic heterocycles. The fourth-order valence-corrected chi connectivity index (χ4v) is 7.36. The van der Waals surface area contributed by atoms with Gasteiger partial charge in [0, 0.05) is 5.69 Å². The summed E-state index contributed by atoms with van der Waals surface area (Å²) >= 11 is 0. The molecule has 7 nitrogen and oxygen atoms in total. The number of hydrogen-bond donors (Lipinski definition) is 2. The van der Waals surface area contributed by atoms with Gasteiger partial charge in [0.05, 0.1) is 10.3 Å². The van der Waals surface area contributed by atoms with E-state index in [-0.39, 0.29) is 22.9 Å². The third-order valence-corrected chi connectivity index (χ3v) is 8.61. The molecule has 33 heavy (non-hydrogen) atoms. The highest BCUT2D eigenvalue weighted by Crippen LogP contribution is 2.66. The van der Waals surface area contributed by atoms with Gasteiger partial charge in [-0.1, -0.05) is 30.3 Å². The van der Waals surface area contributed by atoms with Gasteiger partial charge in [0.2, 0.25) is 10.0 Å². The topological polar surface area (TPSA) is 116 Å². The predicted molar refractivity (Wildman–Crippen MR) is 123 cm³/mol. The summed E-state index contributed by atoms with van der Waals surface area (Å²) in [6.45, 7) is -0.370. The first-order chi connectivity index (χ1) is 15.7. The van der Waals surface area contributed by atoms with Crippen LogP contribution in [0.4, 0.5) is 5.69 Å². The van der Waals surface area contributed by atoms with Crippen LogP contribution in [0.3, 0.4) is 0 Å². The number of hydrogen-bond acceptors (Lipinski definition) is 5. The lowest BCUT2D eigenvalue weighted by atomic mass is 9.43. The SMILES string of the molecule is NS(=O)(=O)c1ccc(NC(=O)COC(=O)C23C[C@@H]4C[C@@H](C2)CC(c2ccccc2)(C4)C3)cc1. The van der Waals surface area contributed by atoms with E-state index in [1.807, 2.05) is 6.07 Å². The number of esters is 1. The quantitative estimate of drug-likeness (QED) is 0.631. The van der Waals surface area contributed by atoms with Crippen LogP contribution in [0.2, 0.25) is 0 Å². The van der Waals surface area contributed by atoms with Crippen LogP contribution in [0.15, 0.2) is 59.5 Å². The maximum atomic E-state index is 13.3. The lowest BCUT2D eigenvalue weighted by Crippen LogP contribution is -2.57. The minimum absolute atomic E-state index is 0.0255. The number of nitrogens with one attached hydrogen (secondary N) is 1. The van der Waals surface area contributed by atoms with Crippen LogP contribution in [-0.2, 0) is 29.8 Å². The first-order valence-electron chi connectivity index (χ1n) is 11.3. The molecule has 0 spiro atoms. The molecule has 3 N–H and O–H groups in total. The van der Waals surface area contributed by atoms with Gasteiger partial charge in [-0.3, -0.25) is 9.59 Å². The summed E-state index contributed by atoms with van der Waals surface area (Å²) in [6, 6.07) is 16.0. The molecule has 4 fully saturated rings. The van der Waals surface area contributed by atoms with Crippen molar-refractivity contribution in [1.29, 1.82) is 0 Å². The van der Waals surface area contributed by atoms with E-state index in [0.29, 0.717) is 17.5 Å². The molecule has 2 atom stereocenters. The van der Waals surface area contributed by atoms with Crippen LogP contribution in [0, 0.1) is 17.3 Å². The Bertz CT molecular complexity index is 1160. The van der Waals surface area contributed by atoms with Crippen molar-refractivity contribution in [2.45, 2.75) is 48.8 Å². The Labute approximate surface area is 193 Å². The van der Waals surface area contributed by atoms with Crippen molar-refractivity contribution in [3.8, 4) is 0 Å². The first-order valence-corrected chi connectivity index (χ1v) is 12.9. The molecule has 6 rings (SSSR count). The van der Waals surface area contributed by atoms with Crippen molar-refractivity contribution >= 4 is 27.6 Å². The number of rotatable bonds is 6. The van der Waals surface area contributed by atoms with Crippen molar-refractivity contribution in [1.82, 2.24) is 0 Å². The number of nitrogens with two attached hydrogens (primary N) is 1. The average molecular weight is 469 g/mol. The zero-order chi connectivity index (χ0) is 23.3. The molecule has 0 radical (unpaired) electrons. The van der Waals surface area contributed by atoms with Crippen LogP contribution >= 0.6 is 0 Å². The van der Waals surface area contributed by atoms with E-state index in [2.05, 4.69) is 29.6 Å². The molecular formula is C25H28N2O5S. The van der Waals surface area contributed by atoms with Crippen LogP contribution in [0.5, 0.6) is 0 Å². The van der Waals surface area contributed by atoms with Gasteiger partial charge < -0.3 is 10.1 Å². The Morgan fingerprint density at radius 1 is 0.970 bits per heavy atom. The largest absolute Gasteiger partial charge is 0.455 e. The molecule has 4 bridgehead atoms. The number of carbonyl (C=O) groups excluding carboxylic acids is 2. The van der Waals surface area contributed by atoms with Crippen LogP contribution in [0.1, 0.15) is 44.1 Å². The molecule has 2 aromatic carbocycles. The lowest BCUT2D eigenvalue weighted by molar-refractivity contribution is -0.175. The monoisotopic (exact) mass is 468 g/mol.